The van der Waals surface area contributed by atoms with Gasteiger partial charge >= 0.3 is 0 Å². The highest BCUT2D eigenvalue weighted by atomic mass is 32.1. The molecule has 0 bridgehead atoms. The number of aromatic nitrogens is 3. The molecule has 0 aromatic carbocycles. The van der Waals surface area contributed by atoms with Crippen LogP contribution in [0.15, 0.2) is 10.9 Å². The van der Waals surface area contributed by atoms with Gasteiger partial charge in [-0.1, -0.05) is 13.3 Å². The lowest BCUT2D eigenvalue weighted by atomic mass is 10.1. The minimum atomic E-state index is 0.332. The minimum absolute atomic E-state index is 0.332. The first-order chi connectivity index (χ1) is 9.70. The maximum Gasteiger partial charge on any atom is 0.222 e. The summed E-state index contributed by atoms with van der Waals surface area (Å²) in [7, 11) is 0. The fraction of sp³-hybridized carbons (Fsp3) is 0.500. The van der Waals surface area contributed by atoms with Crippen LogP contribution in [0.25, 0.3) is 0 Å². The van der Waals surface area contributed by atoms with Gasteiger partial charge in [-0.3, -0.25) is 0 Å². The predicted octanol–water partition coefficient (Wildman–Crippen LogP) is 2.82. The van der Waals surface area contributed by atoms with Crippen molar-refractivity contribution in [3.63, 3.8) is 0 Å². The number of hydrogen-bond acceptors (Lipinski definition) is 6. The molecule has 2 rings (SSSR count). The summed E-state index contributed by atoms with van der Waals surface area (Å²) < 4.78 is 0. The summed E-state index contributed by atoms with van der Waals surface area (Å²) in [6, 6.07) is 0. The van der Waals surface area contributed by atoms with Crippen LogP contribution in [0.2, 0.25) is 0 Å². The Morgan fingerprint density at radius 1 is 1.30 bits per heavy atom. The fourth-order valence-electron chi connectivity index (χ4n) is 2.09. The molecule has 0 spiro atoms. The first-order valence-electron chi connectivity index (χ1n) is 6.94. The molecule has 0 aliphatic carbocycles. The Morgan fingerprint density at radius 3 is 2.85 bits per heavy atom. The second kappa shape index (κ2) is 7.19. The Kier molecular flexibility index (Phi) is 5.29. The van der Waals surface area contributed by atoms with Crippen LogP contribution in [0, 0.1) is 6.92 Å². The average Bonchev–Trinajstić information content (AvgIpc) is 2.91. The van der Waals surface area contributed by atoms with Gasteiger partial charge in [-0.05, 0) is 19.8 Å². The molecule has 5 nitrogen and oxygen atoms in total. The number of nitrogens with zero attached hydrogens (tertiary/aromatic N) is 3. The van der Waals surface area contributed by atoms with E-state index in [2.05, 4.69) is 32.6 Å². The maximum absolute atomic E-state index is 5.75. The Morgan fingerprint density at radius 2 is 2.15 bits per heavy atom. The van der Waals surface area contributed by atoms with Gasteiger partial charge in [-0.2, -0.15) is 4.98 Å². The SMILES string of the molecule is CCCCc1c(C)nc(N)nc1NCCc1cscn1. The average molecular weight is 291 g/mol. The van der Waals surface area contributed by atoms with E-state index < -0.39 is 0 Å². The predicted molar refractivity (Wildman–Crippen MR) is 84.1 cm³/mol. The Bertz CT molecular complexity index is 539. The van der Waals surface area contributed by atoms with Gasteiger partial charge in [-0.15, -0.1) is 11.3 Å². The number of thiazole rings is 1. The van der Waals surface area contributed by atoms with E-state index in [4.69, 9.17) is 5.73 Å². The van der Waals surface area contributed by atoms with Gasteiger partial charge in [0.25, 0.3) is 0 Å². The van der Waals surface area contributed by atoms with E-state index in [-0.39, 0.29) is 0 Å². The molecular formula is C14H21N5S. The van der Waals surface area contributed by atoms with Crippen molar-refractivity contribution in [1.29, 1.82) is 0 Å². The summed E-state index contributed by atoms with van der Waals surface area (Å²) >= 11 is 1.62. The van der Waals surface area contributed by atoms with E-state index in [0.29, 0.717) is 5.95 Å². The van der Waals surface area contributed by atoms with E-state index in [1.807, 2.05) is 12.4 Å². The van der Waals surface area contributed by atoms with Crippen molar-refractivity contribution in [1.82, 2.24) is 15.0 Å². The third-order valence-corrected chi connectivity index (χ3v) is 3.80. The summed E-state index contributed by atoms with van der Waals surface area (Å²) in [6.07, 6.45) is 4.16. The summed E-state index contributed by atoms with van der Waals surface area (Å²) in [5.74, 6) is 1.21. The highest BCUT2D eigenvalue weighted by molar-refractivity contribution is 7.07. The zero-order valence-corrected chi connectivity index (χ0v) is 12.8. The molecule has 0 saturated heterocycles. The molecule has 2 heterocycles. The van der Waals surface area contributed by atoms with Gasteiger partial charge in [0.15, 0.2) is 0 Å². The van der Waals surface area contributed by atoms with Crippen LogP contribution >= 0.6 is 11.3 Å². The molecule has 0 atom stereocenters. The number of aryl methyl sites for hydroxylation is 1. The van der Waals surface area contributed by atoms with Gasteiger partial charge in [0.1, 0.15) is 5.82 Å². The minimum Gasteiger partial charge on any atom is -0.369 e. The van der Waals surface area contributed by atoms with Crippen LogP contribution in [0.1, 0.15) is 36.7 Å². The summed E-state index contributed by atoms with van der Waals surface area (Å²) in [5, 5.41) is 5.44. The Balaban J connectivity index is 2.04. The highest BCUT2D eigenvalue weighted by Gasteiger charge is 2.10. The number of nitrogens with one attached hydrogen (secondary N) is 1. The van der Waals surface area contributed by atoms with Gasteiger partial charge < -0.3 is 11.1 Å². The molecule has 108 valence electrons. The van der Waals surface area contributed by atoms with Crippen LogP contribution in [-0.4, -0.2) is 21.5 Å². The van der Waals surface area contributed by atoms with E-state index in [1.54, 1.807) is 11.3 Å². The van der Waals surface area contributed by atoms with Crippen molar-refractivity contribution in [2.24, 2.45) is 0 Å². The summed E-state index contributed by atoms with van der Waals surface area (Å²) in [5.41, 5.74) is 10.9. The van der Waals surface area contributed by atoms with E-state index in [9.17, 15) is 0 Å². The molecule has 0 saturated carbocycles. The van der Waals surface area contributed by atoms with Crippen LogP contribution in [-0.2, 0) is 12.8 Å². The lowest BCUT2D eigenvalue weighted by Crippen LogP contribution is -2.12. The highest BCUT2D eigenvalue weighted by Crippen LogP contribution is 2.19. The third kappa shape index (κ3) is 3.90. The maximum atomic E-state index is 5.75. The monoisotopic (exact) mass is 291 g/mol. The van der Waals surface area contributed by atoms with Crippen LogP contribution in [0.4, 0.5) is 11.8 Å². The molecule has 6 heteroatoms. The molecular weight excluding hydrogens is 270 g/mol. The fourth-order valence-corrected chi connectivity index (χ4v) is 2.68. The topological polar surface area (TPSA) is 76.7 Å². The van der Waals surface area contributed by atoms with Gasteiger partial charge in [0, 0.05) is 29.6 Å². The lowest BCUT2D eigenvalue weighted by molar-refractivity contribution is 0.781. The van der Waals surface area contributed by atoms with Crippen molar-refractivity contribution >= 4 is 23.1 Å². The van der Waals surface area contributed by atoms with Crippen molar-refractivity contribution in [3.8, 4) is 0 Å². The molecule has 2 aromatic rings. The van der Waals surface area contributed by atoms with Gasteiger partial charge in [0.2, 0.25) is 5.95 Å². The third-order valence-electron chi connectivity index (χ3n) is 3.17. The van der Waals surface area contributed by atoms with Crippen LogP contribution in [0.3, 0.4) is 0 Å². The molecule has 0 aliphatic heterocycles. The van der Waals surface area contributed by atoms with Crippen molar-refractivity contribution in [3.05, 3.63) is 27.8 Å². The standard InChI is InChI=1S/C14H21N5S/c1-3-4-5-12-10(2)18-14(15)19-13(12)16-7-6-11-8-20-9-17-11/h8-9H,3-7H2,1-2H3,(H3,15,16,18,19). The van der Waals surface area contributed by atoms with Crippen molar-refractivity contribution in [2.75, 3.05) is 17.6 Å². The molecule has 0 unspecified atom stereocenters. The summed E-state index contributed by atoms with van der Waals surface area (Å²) in [4.78, 5) is 12.9. The first-order valence-corrected chi connectivity index (χ1v) is 7.89. The molecule has 0 aliphatic rings. The zero-order chi connectivity index (χ0) is 14.4. The first kappa shape index (κ1) is 14.7. The molecule has 3 N–H and O–H groups in total. The van der Waals surface area contributed by atoms with Gasteiger partial charge in [-0.25, -0.2) is 9.97 Å². The molecule has 0 amide bonds. The molecule has 20 heavy (non-hydrogen) atoms. The normalized spacial score (nSPS) is 10.7. The quantitative estimate of drug-likeness (QED) is 0.820. The van der Waals surface area contributed by atoms with Crippen LogP contribution < -0.4 is 11.1 Å². The van der Waals surface area contributed by atoms with Crippen LogP contribution in [0.5, 0.6) is 0 Å². The summed E-state index contributed by atoms with van der Waals surface area (Å²) in [6.45, 7) is 4.98. The molecule has 2 aromatic heterocycles. The van der Waals surface area contributed by atoms with E-state index in [0.717, 1.165) is 49.4 Å². The Hall–Kier alpha value is -1.69. The number of nitrogens with two attached hydrogens (primary N) is 1. The number of nitrogen functional groups attached to an aromatic ring is 1. The van der Waals surface area contributed by atoms with Crippen molar-refractivity contribution in [2.45, 2.75) is 39.5 Å². The number of rotatable bonds is 7. The number of anilines is 2. The molecule has 0 fully saturated rings. The number of unbranched alkanes of at least 4 members (excludes halogenated alkanes) is 1. The van der Waals surface area contributed by atoms with Crippen molar-refractivity contribution < 1.29 is 0 Å². The van der Waals surface area contributed by atoms with E-state index >= 15 is 0 Å². The number of hydrogen-bond donors (Lipinski definition) is 2. The second-order valence-electron chi connectivity index (χ2n) is 4.75. The zero-order valence-electron chi connectivity index (χ0n) is 12.0. The van der Waals surface area contributed by atoms with E-state index in [1.165, 1.54) is 5.56 Å². The molecule has 0 radical (unpaired) electrons. The smallest absolute Gasteiger partial charge is 0.222 e. The largest absolute Gasteiger partial charge is 0.369 e. The van der Waals surface area contributed by atoms with Gasteiger partial charge in [0.05, 0.1) is 11.2 Å². The lowest BCUT2D eigenvalue weighted by Gasteiger charge is -2.13. The Labute approximate surface area is 123 Å². The second-order valence-corrected chi connectivity index (χ2v) is 5.47.